The topological polar surface area (TPSA) is 89.5 Å². The molecule has 2 saturated carbocycles. The molecule has 0 spiro atoms. The first-order valence-electron chi connectivity index (χ1n) is 10.9. The number of imide groups is 1. The van der Waals surface area contributed by atoms with Gasteiger partial charge in [0.05, 0.1) is 18.1 Å². The third-order valence-corrected chi connectivity index (χ3v) is 8.05. The number of carbonyl (C=O) groups excluding carboxylic acids is 2. The van der Waals surface area contributed by atoms with Crippen LogP contribution < -0.4 is 10.1 Å². The van der Waals surface area contributed by atoms with Crippen molar-refractivity contribution in [2.45, 2.75) is 50.4 Å². The molecule has 0 bridgehead atoms. The van der Waals surface area contributed by atoms with Crippen LogP contribution in [0.25, 0.3) is 0 Å². The van der Waals surface area contributed by atoms with Crippen LogP contribution in [0.1, 0.15) is 50.5 Å². The van der Waals surface area contributed by atoms with E-state index in [0.717, 1.165) is 31.2 Å². The molecule has 0 aromatic heterocycles. The van der Waals surface area contributed by atoms with Gasteiger partial charge < -0.3 is 4.74 Å². The van der Waals surface area contributed by atoms with E-state index in [4.69, 9.17) is 4.74 Å². The average molecular weight is 450 g/mol. The molecule has 0 radical (unpaired) electrons. The van der Waals surface area contributed by atoms with Crippen molar-refractivity contribution in [3.05, 3.63) is 41.7 Å². The number of hydrogen-bond acceptors (Lipinski definition) is 5. The second-order valence-electron chi connectivity index (χ2n) is 9.09. The van der Waals surface area contributed by atoms with Gasteiger partial charge in [-0.3, -0.25) is 14.9 Å². The fraction of sp³-hybridized carbons (Fsp3) is 0.565. The van der Waals surface area contributed by atoms with Crippen LogP contribution >= 0.6 is 0 Å². The Morgan fingerprint density at radius 2 is 1.94 bits per heavy atom. The van der Waals surface area contributed by atoms with Crippen LogP contribution in [0.15, 0.2) is 30.4 Å². The Bertz CT molecular complexity index is 995. The number of rotatable bonds is 10. The lowest BCUT2D eigenvalue weighted by Crippen LogP contribution is -2.40. The van der Waals surface area contributed by atoms with Crippen molar-refractivity contribution in [2.24, 2.45) is 11.8 Å². The van der Waals surface area contributed by atoms with Crippen molar-refractivity contribution in [2.75, 3.05) is 18.1 Å². The minimum atomic E-state index is -3.36. The summed E-state index contributed by atoms with van der Waals surface area (Å²) in [5.74, 6) is -0.646. The molecule has 1 atom stereocenters. The second kappa shape index (κ2) is 8.73. The van der Waals surface area contributed by atoms with E-state index in [-0.39, 0.29) is 35.0 Å². The Balaban J connectivity index is 1.33. The molecule has 3 fully saturated rings. The highest BCUT2D eigenvalue weighted by atomic mass is 32.2. The maximum atomic E-state index is 14.1. The minimum absolute atomic E-state index is 0.0104. The summed E-state index contributed by atoms with van der Waals surface area (Å²) in [6.45, 7) is 0.504. The van der Waals surface area contributed by atoms with Gasteiger partial charge in [0, 0.05) is 17.8 Å². The molecule has 1 aliphatic heterocycles. The predicted molar refractivity (Wildman–Crippen MR) is 114 cm³/mol. The molecular formula is C23H28FNO5S. The Hall–Kier alpha value is -2.22. The molecule has 31 heavy (non-hydrogen) atoms. The number of sulfone groups is 1. The lowest BCUT2D eigenvalue weighted by Gasteiger charge is -2.19. The highest BCUT2D eigenvalue weighted by Gasteiger charge is 2.47. The van der Waals surface area contributed by atoms with E-state index in [0.29, 0.717) is 31.8 Å². The standard InChI is InChI=1S/C23H28FNO5S/c24-19-8-7-18(13-20(19)30-14-16-4-5-16)23(10-11-23)15-31(28,29)12-2-1-3-17-6-9-21(26)25-22(17)27/h1-2,7-8,13,16-17H,3-6,9-12,14-15H2,(H,25,26,27)/b2-1+. The first kappa shape index (κ1) is 22.0. The molecule has 2 aliphatic carbocycles. The average Bonchev–Trinajstić information content (AvgIpc) is 3.62. The van der Waals surface area contributed by atoms with Gasteiger partial charge in [-0.15, -0.1) is 0 Å². The molecule has 1 heterocycles. The summed E-state index contributed by atoms with van der Waals surface area (Å²) >= 11 is 0. The number of allylic oxidation sites excluding steroid dienone is 1. The maximum Gasteiger partial charge on any atom is 0.229 e. The van der Waals surface area contributed by atoms with Crippen molar-refractivity contribution < 1.29 is 27.1 Å². The van der Waals surface area contributed by atoms with Gasteiger partial charge in [0.2, 0.25) is 11.8 Å². The second-order valence-corrected chi connectivity index (χ2v) is 11.2. The van der Waals surface area contributed by atoms with Gasteiger partial charge in [0.15, 0.2) is 21.4 Å². The number of ether oxygens (including phenoxy) is 1. The summed E-state index contributed by atoms with van der Waals surface area (Å²) in [6.07, 6.45) is 8.24. The molecule has 8 heteroatoms. The van der Waals surface area contributed by atoms with E-state index in [9.17, 15) is 22.4 Å². The molecule has 4 rings (SSSR count). The van der Waals surface area contributed by atoms with Crippen LogP contribution in [0.3, 0.4) is 0 Å². The molecule has 6 nitrogen and oxygen atoms in total. The molecule has 1 aromatic carbocycles. The van der Waals surface area contributed by atoms with Crippen molar-refractivity contribution in [3.8, 4) is 5.75 Å². The first-order chi connectivity index (χ1) is 14.8. The van der Waals surface area contributed by atoms with Crippen LogP contribution in [-0.4, -0.2) is 38.3 Å². The van der Waals surface area contributed by atoms with E-state index < -0.39 is 21.1 Å². The molecule has 1 unspecified atom stereocenters. The Kier molecular flexibility index (Phi) is 6.19. The van der Waals surface area contributed by atoms with Crippen molar-refractivity contribution in [1.29, 1.82) is 0 Å². The molecule has 1 saturated heterocycles. The van der Waals surface area contributed by atoms with Crippen LogP contribution in [-0.2, 0) is 24.8 Å². The molecular weight excluding hydrogens is 421 g/mol. The number of halogens is 1. The number of carbonyl (C=O) groups is 2. The van der Waals surface area contributed by atoms with Crippen LogP contribution in [0, 0.1) is 17.7 Å². The van der Waals surface area contributed by atoms with Gasteiger partial charge in [0.1, 0.15) is 0 Å². The highest BCUT2D eigenvalue weighted by molar-refractivity contribution is 7.91. The van der Waals surface area contributed by atoms with Crippen LogP contribution in [0.5, 0.6) is 5.75 Å². The lowest BCUT2D eigenvalue weighted by molar-refractivity contribution is -0.136. The summed E-state index contributed by atoms with van der Waals surface area (Å²) < 4.78 is 45.1. The predicted octanol–water partition coefficient (Wildman–Crippen LogP) is 3.06. The Morgan fingerprint density at radius 3 is 2.61 bits per heavy atom. The van der Waals surface area contributed by atoms with Crippen LogP contribution in [0.2, 0.25) is 0 Å². The normalized spacial score (nSPS) is 23.1. The number of benzene rings is 1. The summed E-state index contributed by atoms with van der Waals surface area (Å²) in [7, 11) is -3.36. The quantitative estimate of drug-likeness (QED) is 0.438. The Labute approximate surface area is 182 Å². The van der Waals surface area contributed by atoms with Crippen molar-refractivity contribution >= 4 is 21.7 Å². The zero-order chi connectivity index (χ0) is 22.1. The van der Waals surface area contributed by atoms with Gasteiger partial charge in [-0.05, 0) is 62.1 Å². The van der Waals surface area contributed by atoms with Gasteiger partial charge >= 0.3 is 0 Å². The fourth-order valence-electron chi connectivity index (χ4n) is 4.02. The van der Waals surface area contributed by atoms with Gasteiger partial charge in [-0.2, -0.15) is 0 Å². The van der Waals surface area contributed by atoms with E-state index in [1.165, 1.54) is 6.07 Å². The summed E-state index contributed by atoms with van der Waals surface area (Å²) in [4.78, 5) is 23.0. The van der Waals surface area contributed by atoms with E-state index >= 15 is 0 Å². The summed E-state index contributed by atoms with van der Waals surface area (Å²) in [6, 6.07) is 4.70. The molecule has 168 valence electrons. The van der Waals surface area contributed by atoms with Gasteiger partial charge in [-0.25, -0.2) is 12.8 Å². The van der Waals surface area contributed by atoms with Crippen molar-refractivity contribution in [1.82, 2.24) is 5.32 Å². The lowest BCUT2D eigenvalue weighted by atomic mass is 9.95. The van der Waals surface area contributed by atoms with Crippen LogP contribution in [0.4, 0.5) is 4.39 Å². The largest absolute Gasteiger partial charge is 0.490 e. The zero-order valence-electron chi connectivity index (χ0n) is 17.4. The minimum Gasteiger partial charge on any atom is -0.490 e. The summed E-state index contributed by atoms with van der Waals surface area (Å²) in [5, 5.41) is 2.30. The van der Waals surface area contributed by atoms with Crippen molar-refractivity contribution in [3.63, 3.8) is 0 Å². The van der Waals surface area contributed by atoms with E-state index in [2.05, 4.69) is 5.32 Å². The highest BCUT2D eigenvalue weighted by Crippen LogP contribution is 2.50. The summed E-state index contributed by atoms with van der Waals surface area (Å²) in [5.41, 5.74) is 0.345. The van der Waals surface area contributed by atoms with Gasteiger partial charge in [0.25, 0.3) is 0 Å². The third kappa shape index (κ3) is 5.73. The molecule has 2 amide bonds. The molecule has 1 aromatic rings. The first-order valence-corrected chi connectivity index (χ1v) is 12.7. The molecule has 3 aliphatic rings. The SMILES string of the molecule is O=C1CCC(C/C=C/CS(=O)(=O)CC2(c3ccc(F)c(OCC4CC4)c3)CC2)C(=O)N1. The monoisotopic (exact) mass is 449 g/mol. The molecule has 1 N–H and O–H groups in total. The smallest absolute Gasteiger partial charge is 0.229 e. The number of amides is 2. The number of nitrogens with one attached hydrogen (secondary N) is 1. The maximum absolute atomic E-state index is 14.1. The number of piperidine rings is 1. The van der Waals surface area contributed by atoms with E-state index in [1.807, 2.05) is 0 Å². The Morgan fingerprint density at radius 1 is 1.16 bits per heavy atom. The number of hydrogen-bond donors (Lipinski definition) is 1. The van der Waals surface area contributed by atoms with E-state index in [1.54, 1.807) is 24.3 Å². The van der Waals surface area contributed by atoms with Gasteiger partial charge in [-0.1, -0.05) is 18.2 Å². The fourth-order valence-corrected chi connectivity index (χ4v) is 5.87. The third-order valence-electron chi connectivity index (χ3n) is 6.36. The zero-order valence-corrected chi connectivity index (χ0v) is 18.3.